The number of halogens is 1. The van der Waals surface area contributed by atoms with Crippen molar-refractivity contribution < 1.29 is 8.94 Å². The summed E-state index contributed by atoms with van der Waals surface area (Å²) >= 11 is 3.22. The summed E-state index contributed by atoms with van der Waals surface area (Å²) in [5.74, 6) is 0.881. The van der Waals surface area contributed by atoms with Crippen LogP contribution < -0.4 is 5.73 Å². The normalized spacial score (nSPS) is 13.1. The number of nitrogens with two attached hydrogens (primary N) is 1. The highest BCUT2D eigenvalue weighted by Crippen LogP contribution is 2.28. The lowest BCUT2D eigenvalue weighted by Gasteiger charge is -1.92. The van der Waals surface area contributed by atoms with Crippen LogP contribution in [-0.2, 0) is 0 Å². The molecule has 1 atom stereocenters. The maximum absolute atomic E-state index is 5.60. The summed E-state index contributed by atoms with van der Waals surface area (Å²) in [5.41, 5.74) is 6.32. The SMILES string of the molecule is CC(N)c1noc(-c2ccoc2Br)n1. The van der Waals surface area contributed by atoms with Crippen LogP contribution in [0.15, 0.2) is 25.9 Å². The Morgan fingerprint density at radius 3 is 2.86 bits per heavy atom. The Balaban J connectivity index is 2.39. The summed E-state index contributed by atoms with van der Waals surface area (Å²) in [7, 11) is 0. The highest BCUT2D eigenvalue weighted by atomic mass is 79.9. The first-order valence-electron chi connectivity index (χ1n) is 4.01. The summed E-state index contributed by atoms with van der Waals surface area (Å²) in [6.45, 7) is 1.79. The number of rotatable bonds is 2. The maximum atomic E-state index is 5.60. The van der Waals surface area contributed by atoms with Gasteiger partial charge in [0, 0.05) is 0 Å². The Labute approximate surface area is 88.4 Å². The topological polar surface area (TPSA) is 78.1 Å². The van der Waals surface area contributed by atoms with Gasteiger partial charge in [-0.15, -0.1) is 0 Å². The van der Waals surface area contributed by atoms with Crippen LogP contribution in [0.2, 0.25) is 0 Å². The first kappa shape index (κ1) is 9.42. The van der Waals surface area contributed by atoms with E-state index in [0.717, 1.165) is 5.56 Å². The molecule has 0 aliphatic heterocycles. The van der Waals surface area contributed by atoms with E-state index in [0.29, 0.717) is 16.4 Å². The van der Waals surface area contributed by atoms with Crippen LogP contribution in [0, 0.1) is 0 Å². The van der Waals surface area contributed by atoms with Gasteiger partial charge in [-0.25, -0.2) is 0 Å². The molecule has 0 saturated carbocycles. The zero-order valence-corrected chi connectivity index (χ0v) is 8.98. The monoisotopic (exact) mass is 257 g/mol. The molecule has 6 heteroatoms. The fraction of sp³-hybridized carbons (Fsp3) is 0.250. The van der Waals surface area contributed by atoms with Crippen molar-refractivity contribution in [2.24, 2.45) is 5.73 Å². The first-order chi connectivity index (χ1) is 6.68. The zero-order valence-electron chi connectivity index (χ0n) is 7.40. The van der Waals surface area contributed by atoms with Crippen LogP contribution in [0.25, 0.3) is 11.5 Å². The van der Waals surface area contributed by atoms with Crippen molar-refractivity contribution in [3.63, 3.8) is 0 Å². The van der Waals surface area contributed by atoms with Crippen molar-refractivity contribution in [3.05, 3.63) is 22.8 Å². The molecule has 0 fully saturated rings. The largest absolute Gasteiger partial charge is 0.457 e. The third kappa shape index (κ3) is 1.58. The number of aromatic nitrogens is 2. The number of hydrogen-bond donors (Lipinski definition) is 1. The Kier molecular flexibility index (Phi) is 2.39. The lowest BCUT2D eigenvalue weighted by molar-refractivity contribution is 0.417. The fourth-order valence-corrected chi connectivity index (χ4v) is 1.39. The number of hydrogen-bond acceptors (Lipinski definition) is 5. The van der Waals surface area contributed by atoms with Crippen LogP contribution >= 0.6 is 15.9 Å². The molecule has 2 aromatic heterocycles. The maximum Gasteiger partial charge on any atom is 0.262 e. The van der Waals surface area contributed by atoms with E-state index >= 15 is 0 Å². The minimum atomic E-state index is -0.238. The highest BCUT2D eigenvalue weighted by Gasteiger charge is 2.15. The van der Waals surface area contributed by atoms with E-state index in [2.05, 4.69) is 26.1 Å². The van der Waals surface area contributed by atoms with Gasteiger partial charge in [-0.3, -0.25) is 0 Å². The smallest absolute Gasteiger partial charge is 0.262 e. The molecule has 0 radical (unpaired) electrons. The van der Waals surface area contributed by atoms with Crippen molar-refractivity contribution in [1.82, 2.24) is 10.1 Å². The third-order valence-electron chi connectivity index (χ3n) is 1.70. The predicted octanol–water partition coefficient (Wildman–Crippen LogP) is 2.11. The Hall–Kier alpha value is -1.14. The summed E-state index contributed by atoms with van der Waals surface area (Å²) in [4.78, 5) is 4.12. The molecule has 0 aliphatic rings. The van der Waals surface area contributed by atoms with E-state index in [1.807, 2.05) is 0 Å². The van der Waals surface area contributed by atoms with E-state index in [4.69, 9.17) is 14.7 Å². The molecule has 0 spiro atoms. The summed E-state index contributed by atoms with van der Waals surface area (Å²) < 4.78 is 10.6. The molecule has 2 rings (SSSR count). The molecule has 2 aromatic rings. The van der Waals surface area contributed by atoms with Gasteiger partial charge in [-0.05, 0) is 28.9 Å². The Bertz CT molecular complexity index is 435. The molecular formula is C8H8BrN3O2. The highest BCUT2D eigenvalue weighted by molar-refractivity contribution is 9.10. The summed E-state index contributed by atoms with van der Waals surface area (Å²) in [6, 6.07) is 1.50. The second-order valence-electron chi connectivity index (χ2n) is 2.85. The van der Waals surface area contributed by atoms with Gasteiger partial charge in [0.15, 0.2) is 10.5 Å². The van der Waals surface area contributed by atoms with Crippen LogP contribution in [-0.4, -0.2) is 10.1 Å². The summed E-state index contributed by atoms with van der Waals surface area (Å²) in [5, 5.41) is 3.74. The van der Waals surface area contributed by atoms with Crippen molar-refractivity contribution in [2.75, 3.05) is 0 Å². The van der Waals surface area contributed by atoms with Gasteiger partial charge < -0.3 is 14.7 Å². The molecule has 0 saturated heterocycles. The van der Waals surface area contributed by atoms with Gasteiger partial charge in [0.1, 0.15) is 0 Å². The molecule has 2 heterocycles. The van der Waals surface area contributed by atoms with Gasteiger partial charge in [-0.2, -0.15) is 4.98 Å². The van der Waals surface area contributed by atoms with Gasteiger partial charge in [0.2, 0.25) is 0 Å². The van der Waals surface area contributed by atoms with Crippen LogP contribution in [0.1, 0.15) is 18.8 Å². The second kappa shape index (κ2) is 3.55. The average Bonchev–Trinajstić information content (AvgIpc) is 2.71. The lowest BCUT2D eigenvalue weighted by Crippen LogP contribution is -2.06. The van der Waals surface area contributed by atoms with Gasteiger partial charge in [-0.1, -0.05) is 5.16 Å². The van der Waals surface area contributed by atoms with Gasteiger partial charge in [0.05, 0.1) is 17.9 Å². The van der Waals surface area contributed by atoms with Crippen LogP contribution in [0.4, 0.5) is 0 Å². The molecular weight excluding hydrogens is 250 g/mol. The second-order valence-corrected chi connectivity index (χ2v) is 3.57. The minimum Gasteiger partial charge on any atom is -0.457 e. The van der Waals surface area contributed by atoms with Crippen LogP contribution in [0.5, 0.6) is 0 Å². The van der Waals surface area contributed by atoms with Crippen molar-refractivity contribution in [2.45, 2.75) is 13.0 Å². The molecule has 74 valence electrons. The summed E-state index contributed by atoms with van der Waals surface area (Å²) in [6.07, 6.45) is 1.54. The van der Waals surface area contributed by atoms with E-state index < -0.39 is 0 Å². The van der Waals surface area contributed by atoms with Crippen LogP contribution in [0.3, 0.4) is 0 Å². The zero-order chi connectivity index (χ0) is 10.1. The molecule has 0 bridgehead atoms. The lowest BCUT2D eigenvalue weighted by atomic mass is 10.3. The quantitative estimate of drug-likeness (QED) is 0.892. The standard InChI is InChI=1S/C8H8BrN3O2/c1-4(10)7-11-8(14-12-7)5-2-3-13-6(5)9/h2-4H,10H2,1H3. The Morgan fingerprint density at radius 1 is 1.57 bits per heavy atom. The first-order valence-corrected chi connectivity index (χ1v) is 4.80. The fourth-order valence-electron chi connectivity index (χ4n) is 0.975. The van der Waals surface area contributed by atoms with E-state index in [-0.39, 0.29) is 6.04 Å². The number of nitrogens with zero attached hydrogens (tertiary/aromatic N) is 2. The third-order valence-corrected chi connectivity index (χ3v) is 2.31. The van der Waals surface area contributed by atoms with Crippen molar-refractivity contribution >= 4 is 15.9 Å². The van der Waals surface area contributed by atoms with Crippen molar-refractivity contribution in [1.29, 1.82) is 0 Å². The average molecular weight is 258 g/mol. The molecule has 2 N–H and O–H groups in total. The molecule has 14 heavy (non-hydrogen) atoms. The van der Waals surface area contributed by atoms with Crippen molar-refractivity contribution in [3.8, 4) is 11.5 Å². The van der Waals surface area contributed by atoms with E-state index in [9.17, 15) is 0 Å². The molecule has 5 nitrogen and oxygen atoms in total. The van der Waals surface area contributed by atoms with Gasteiger partial charge in [0.25, 0.3) is 5.89 Å². The molecule has 0 aromatic carbocycles. The Morgan fingerprint density at radius 2 is 2.36 bits per heavy atom. The number of furan rings is 1. The minimum absolute atomic E-state index is 0.238. The predicted molar refractivity (Wildman–Crippen MR) is 52.3 cm³/mol. The van der Waals surface area contributed by atoms with E-state index in [1.54, 1.807) is 13.0 Å². The molecule has 0 aliphatic carbocycles. The van der Waals surface area contributed by atoms with Gasteiger partial charge >= 0.3 is 0 Å². The van der Waals surface area contributed by atoms with E-state index in [1.165, 1.54) is 6.26 Å². The molecule has 0 amide bonds. The molecule has 1 unspecified atom stereocenters.